The third-order valence-corrected chi connectivity index (χ3v) is 5.92. The molecule has 2 N–H and O–H groups in total. The Kier molecular flexibility index (Phi) is 5.97. The van der Waals surface area contributed by atoms with Gasteiger partial charge < -0.3 is 19.9 Å². The van der Waals surface area contributed by atoms with Crippen LogP contribution in [0.15, 0.2) is 77.6 Å². The van der Waals surface area contributed by atoms with Crippen molar-refractivity contribution >= 4 is 22.9 Å². The molecule has 0 spiro atoms. The fraction of sp³-hybridized carbons (Fsp3) is 0.192. The zero-order chi connectivity index (χ0) is 24.4. The van der Waals surface area contributed by atoms with Crippen molar-refractivity contribution in [2.75, 3.05) is 6.79 Å². The molecule has 1 atom stereocenters. The fourth-order valence-electron chi connectivity index (χ4n) is 4.28. The number of para-hydroxylation sites is 2. The van der Waals surface area contributed by atoms with Crippen molar-refractivity contribution in [3.05, 3.63) is 94.4 Å². The number of hydrogen-bond acceptors (Lipinski definition) is 5. The number of fused-ring (bicyclic) bond motifs is 2. The predicted molar refractivity (Wildman–Crippen MR) is 127 cm³/mol. The molecule has 1 aliphatic heterocycles. The number of rotatable bonds is 8. The lowest BCUT2D eigenvalue weighted by Gasteiger charge is -2.18. The zero-order valence-corrected chi connectivity index (χ0v) is 18.7. The summed E-state index contributed by atoms with van der Waals surface area (Å²) in [6, 6.07) is 21.1. The normalized spacial score (nSPS) is 13.0. The monoisotopic (exact) mass is 473 g/mol. The van der Waals surface area contributed by atoms with E-state index in [-0.39, 0.29) is 25.4 Å². The van der Waals surface area contributed by atoms with Crippen molar-refractivity contribution in [2.45, 2.75) is 25.6 Å². The summed E-state index contributed by atoms with van der Waals surface area (Å²) in [5, 5.41) is 12.2. The Morgan fingerprint density at radius 2 is 1.60 bits per heavy atom. The van der Waals surface area contributed by atoms with E-state index in [0.717, 1.165) is 5.56 Å². The summed E-state index contributed by atoms with van der Waals surface area (Å²) in [6.45, 7) is 0.208. The first-order valence-corrected chi connectivity index (χ1v) is 11.1. The van der Waals surface area contributed by atoms with Crippen LogP contribution in [0.4, 0.5) is 0 Å². The average molecular weight is 473 g/mol. The molecule has 5 rings (SSSR count). The van der Waals surface area contributed by atoms with E-state index >= 15 is 0 Å². The molecular formula is C26H23N3O6. The quantitative estimate of drug-likeness (QED) is 0.407. The summed E-state index contributed by atoms with van der Waals surface area (Å²) in [4.78, 5) is 37.9. The summed E-state index contributed by atoms with van der Waals surface area (Å²) in [6.07, 6.45) is -0.323. The molecule has 1 amide bonds. The molecule has 1 aromatic heterocycles. The van der Waals surface area contributed by atoms with Gasteiger partial charge >= 0.3 is 11.7 Å². The first-order valence-electron chi connectivity index (χ1n) is 11.1. The number of ether oxygens (including phenoxy) is 2. The fourth-order valence-corrected chi connectivity index (χ4v) is 4.28. The van der Waals surface area contributed by atoms with Crippen molar-refractivity contribution in [3.8, 4) is 11.5 Å². The molecule has 0 fully saturated rings. The van der Waals surface area contributed by atoms with Gasteiger partial charge in [0.25, 0.3) is 0 Å². The Morgan fingerprint density at radius 1 is 0.914 bits per heavy atom. The molecular weight excluding hydrogens is 450 g/mol. The number of carbonyl (C=O) groups is 2. The van der Waals surface area contributed by atoms with E-state index in [0.29, 0.717) is 34.6 Å². The molecule has 178 valence electrons. The van der Waals surface area contributed by atoms with E-state index in [2.05, 4.69) is 5.32 Å². The molecule has 0 aliphatic carbocycles. The van der Waals surface area contributed by atoms with Gasteiger partial charge in [-0.1, -0.05) is 48.5 Å². The molecule has 0 radical (unpaired) electrons. The lowest BCUT2D eigenvalue weighted by molar-refractivity contribution is -0.137. The Labute approximate surface area is 200 Å². The summed E-state index contributed by atoms with van der Waals surface area (Å²) in [5.74, 6) is -0.484. The second-order valence-electron chi connectivity index (χ2n) is 8.26. The highest BCUT2D eigenvalue weighted by Crippen LogP contribution is 2.34. The van der Waals surface area contributed by atoms with Crippen LogP contribution in [0.1, 0.15) is 23.6 Å². The SMILES string of the molecule is O=C(O)C[C@H](NC(=O)Cn1c(=O)n(Cc2ccccc2)c2ccccc21)c1ccc2c(c1)OCO2. The van der Waals surface area contributed by atoms with Crippen LogP contribution in [0.3, 0.4) is 0 Å². The van der Waals surface area contributed by atoms with E-state index in [1.54, 1.807) is 28.8 Å². The number of hydrogen-bond donors (Lipinski definition) is 2. The average Bonchev–Trinajstić information content (AvgIpc) is 3.42. The number of benzene rings is 3. The molecule has 2 heterocycles. The number of nitrogens with zero attached hydrogens (tertiary/aromatic N) is 2. The minimum absolute atomic E-state index is 0.0880. The lowest BCUT2D eigenvalue weighted by atomic mass is 10.0. The van der Waals surface area contributed by atoms with Crippen LogP contribution < -0.4 is 20.5 Å². The summed E-state index contributed by atoms with van der Waals surface area (Å²) < 4.78 is 13.7. The maximum absolute atomic E-state index is 13.3. The molecule has 0 saturated carbocycles. The van der Waals surface area contributed by atoms with E-state index < -0.39 is 17.9 Å². The number of carboxylic acid groups (broad SMARTS) is 1. The Balaban J connectivity index is 1.42. The van der Waals surface area contributed by atoms with Crippen molar-refractivity contribution in [3.63, 3.8) is 0 Å². The van der Waals surface area contributed by atoms with Crippen molar-refractivity contribution in [1.82, 2.24) is 14.5 Å². The van der Waals surface area contributed by atoms with E-state index in [9.17, 15) is 19.5 Å². The third-order valence-electron chi connectivity index (χ3n) is 5.92. The van der Waals surface area contributed by atoms with Gasteiger partial charge in [-0.15, -0.1) is 0 Å². The zero-order valence-electron chi connectivity index (χ0n) is 18.7. The van der Waals surface area contributed by atoms with Crippen molar-refractivity contribution in [1.29, 1.82) is 0 Å². The van der Waals surface area contributed by atoms with Gasteiger partial charge in [0.1, 0.15) is 6.54 Å². The van der Waals surface area contributed by atoms with Crippen LogP contribution in [-0.4, -0.2) is 32.9 Å². The van der Waals surface area contributed by atoms with Gasteiger partial charge in [-0.05, 0) is 35.4 Å². The second kappa shape index (κ2) is 9.38. The topological polar surface area (TPSA) is 112 Å². The smallest absolute Gasteiger partial charge is 0.329 e. The van der Waals surface area contributed by atoms with Gasteiger partial charge in [-0.2, -0.15) is 0 Å². The maximum atomic E-state index is 13.3. The van der Waals surface area contributed by atoms with Crippen LogP contribution in [0.5, 0.6) is 11.5 Å². The van der Waals surface area contributed by atoms with Crippen LogP contribution in [0.25, 0.3) is 11.0 Å². The maximum Gasteiger partial charge on any atom is 0.329 e. The number of carboxylic acids is 1. The second-order valence-corrected chi connectivity index (χ2v) is 8.26. The van der Waals surface area contributed by atoms with Gasteiger partial charge in [0, 0.05) is 0 Å². The van der Waals surface area contributed by atoms with Gasteiger partial charge in [-0.25, -0.2) is 4.79 Å². The van der Waals surface area contributed by atoms with Gasteiger partial charge in [0.15, 0.2) is 11.5 Å². The standard InChI is InChI=1S/C26H23N3O6/c30-24(27-19(13-25(31)32)18-10-11-22-23(12-18)35-16-34-22)15-29-21-9-5-4-8-20(21)28(26(29)33)14-17-6-2-1-3-7-17/h1-12,19H,13-16H2,(H,27,30)(H,31,32)/t19-/m0/s1. The number of nitrogens with one attached hydrogen (secondary N) is 1. The van der Waals surface area contributed by atoms with E-state index in [1.807, 2.05) is 48.5 Å². The largest absolute Gasteiger partial charge is 0.481 e. The minimum Gasteiger partial charge on any atom is -0.481 e. The number of amides is 1. The highest BCUT2D eigenvalue weighted by molar-refractivity contribution is 5.82. The molecule has 1 aliphatic rings. The summed E-state index contributed by atoms with van der Waals surface area (Å²) in [7, 11) is 0. The van der Waals surface area contributed by atoms with Gasteiger partial charge in [0.2, 0.25) is 12.7 Å². The number of aromatic nitrogens is 2. The number of carbonyl (C=O) groups excluding carboxylic acids is 1. The first-order chi connectivity index (χ1) is 17.0. The van der Waals surface area contributed by atoms with Gasteiger partial charge in [0.05, 0.1) is 30.0 Å². The molecule has 35 heavy (non-hydrogen) atoms. The van der Waals surface area contributed by atoms with Crippen LogP contribution in [-0.2, 0) is 22.7 Å². The molecule has 0 unspecified atom stereocenters. The molecule has 9 nitrogen and oxygen atoms in total. The first kappa shape index (κ1) is 22.3. The number of aliphatic carboxylic acids is 1. The summed E-state index contributed by atoms with van der Waals surface area (Å²) >= 11 is 0. The molecule has 0 saturated heterocycles. The van der Waals surface area contributed by atoms with Crippen LogP contribution >= 0.6 is 0 Å². The Bertz CT molecular complexity index is 1460. The van der Waals surface area contributed by atoms with Crippen molar-refractivity contribution in [2.24, 2.45) is 0 Å². The van der Waals surface area contributed by atoms with Crippen LogP contribution in [0.2, 0.25) is 0 Å². The lowest BCUT2D eigenvalue weighted by Crippen LogP contribution is -2.36. The van der Waals surface area contributed by atoms with Crippen molar-refractivity contribution < 1.29 is 24.2 Å². The minimum atomic E-state index is -1.07. The summed E-state index contributed by atoms with van der Waals surface area (Å²) in [5.41, 5.74) is 2.56. The molecule has 3 aromatic carbocycles. The molecule has 9 heteroatoms. The highest BCUT2D eigenvalue weighted by atomic mass is 16.7. The van der Waals surface area contributed by atoms with Gasteiger partial charge in [-0.3, -0.25) is 18.7 Å². The van der Waals surface area contributed by atoms with Crippen LogP contribution in [0, 0.1) is 0 Å². The highest BCUT2D eigenvalue weighted by Gasteiger charge is 2.23. The third kappa shape index (κ3) is 4.61. The molecule has 4 aromatic rings. The predicted octanol–water partition coefficient (Wildman–Crippen LogP) is 2.91. The Hall–Kier alpha value is -4.53. The number of imidazole rings is 1. The molecule has 0 bridgehead atoms. The van der Waals surface area contributed by atoms with E-state index in [4.69, 9.17) is 9.47 Å². The Morgan fingerprint density at radius 3 is 2.34 bits per heavy atom. The van der Waals surface area contributed by atoms with E-state index in [1.165, 1.54) is 4.57 Å².